The molecule has 0 atom stereocenters. The summed E-state index contributed by atoms with van der Waals surface area (Å²) < 4.78 is 10.9. The maximum Gasteiger partial charge on any atom is 0.230 e. The second-order valence-electron chi connectivity index (χ2n) is 6.74. The summed E-state index contributed by atoms with van der Waals surface area (Å²) in [5, 5.41) is 7.97. The number of morpholine rings is 1. The number of nitrogens with zero attached hydrogens (tertiary/aromatic N) is 7. The molecule has 0 N–H and O–H groups in total. The van der Waals surface area contributed by atoms with Gasteiger partial charge in [-0.25, -0.2) is 4.98 Å². The third-order valence-corrected chi connectivity index (χ3v) is 4.75. The molecule has 9 heteroatoms. The molecule has 0 aliphatic carbocycles. The van der Waals surface area contributed by atoms with E-state index < -0.39 is 0 Å². The van der Waals surface area contributed by atoms with Gasteiger partial charge in [-0.2, -0.15) is 4.98 Å². The zero-order valence-electron chi connectivity index (χ0n) is 15.4. The predicted molar refractivity (Wildman–Crippen MR) is 96.3 cm³/mol. The fourth-order valence-electron chi connectivity index (χ4n) is 3.33. The molecule has 0 bridgehead atoms. The number of anilines is 2. The van der Waals surface area contributed by atoms with Crippen molar-refractivity contribution >= 4 is 11.8 Å². The zero-order valence-corrected chi connectivity index (χ0v) is 15.4. The van der Waals surface area contributed by atoms with Crippen LogP contribution in [0.15, 0.2) is 10.5 Å². The molecule has 4 rings (SSSR count). The molecule has 2 aromatic heterocycles. The molecule has 2 aromatic rings. The summed E-state index contributed by atoms with van der Waals surface area (Å²) >= 11 is 0. The molecule has 0 saturated carbocycles. The summed E-state index contributed by atoms with van der Waals surface area (Å²) in [5.41, 5.74) is 1.00. The van der Waals surface area contributed by atoms with Crippen molar-refractivity contribution < 1.29 is 9.15 Å². The quantitative estimate of drug-likeness (QED) is 0.780. The average Bonchev–Trinajstić information content (AvgIpc) is 3.07. The third kappa shape index (κ3) is 3.94. The number of rotatable bonds is 4. The Kier molecular flexibility index (Phi) is 4.98. The van der Waals surface area contributed by atoms with E-state index in [2.05, 4.69) is 35.9 Å². The number of hydrogen-bond acceptors (Lipinski definition) is 9. The molecule has 9 nitrogen and oxygen atoms in total. The second kappa shape index (κ2) is 7.55. The van der Waals surface area contributed by atoms with Gasteiger partial charge in [-0.05, 0) is 6.92 Å². The fourth-order valence-corrected chi connectivity index (χ4v) is 3.33. The van der Waals surface area contributed by atoms with E-state index in [0.717, 1.165) is 69.9 Å². The van der Waals surface area contributed by atoms with Gasteiger partial charge < -0.3 is 19.0 Å². The Hall–Kier alpha value is -2.26. The molecule has 26 heavy (non-hydrogen) atoms. The van der Waals surface area contributed by atoms with Gasteiger partial charge in [0, 0.05) is 58.0 Å². The van der Waals surface area contributed by atoms with Crippen LogP contribution in [0.4, 0.5) is 11.8 Å². The number of ether oxygens (including phenoxy) is 1. The lowest BCUT2D eigenvalue weighted by molar-refractivity contribution is 0.122. The first-order chi connectivity index (χ1) is 12.7. The molecule has 2 fully saturated rings. The Labute approximate surface area is 153 Å². The fraction of sp³-hybridized carbons (Fsp3) is 0.647. The van der Waals surface area contributed by atoms with Gasteiger partial charge in [-0.15, -0.1) is 10.2 Å². The summed E-state index contributed by atoms with van der Waals surface area (Å²) in [6.45, 7) is 11.4. The molecule has 4 heterocycles. The van der Waals surface area contributed by atoms with Crippen LogP contribution in [0, 0.1) is 13.8 Å². The Bertz CT molecular complexity index is 736. The Morgan fingerprint density at radius 3 is 2.38 bits per heavy atom. The van der Waals surface area contributed by atoms with Gasteiger partial charge in [0.1, 0.15) is 5.82 Å². The SMILES string of the molecule is Cc1cc(N2CCOCC2)nc(N2CCN(Cc3nnc(C)o3)CC2)n1. The summed E-state index contributed by atoms with van der Waals surface area (Å²) in [7, 11) is 0. The zero-order chi connectivity index (χ0) is 17.9. The van der Waals surface area contributed by atoms with E-state index in [4.69, 9.17) is 14.1 Å². The average molecular weight is 359 g/mol. The highest BCUT2D eigenvalue weighted by atomic mass is 16.5. The standard InChI is InChI=1S/C17H25N7O2/c1-13-11-15(23-7-9-25-10-8-23)19-17(18-13)24-5-3-22(4-6-24)12-16-21-20-14(2)26-16/h11H,3-10,12H2,1-2H3. The van der Waals surface area contributed by atoms with E-state index >= 15 is 0 Å². The Morgan fingerprint density at radius 1 is 0.923 bits per heavy atom. The minimum absolute atomic E-state index is 0.613. The lowest BCUT2D eigenvalue weighted by Gasteiger charge is -2.35. The Morgan fingerprint density at radius 2 is 1.69 bits per heavy atom. The molecular weight excluding hydrogens is 334 g/mol. The van der Waals surface area contributed by atoms with Crippen LogP contribution in [0.3, 0.4) is 0 Å². The first-order valence-corrected chi connectivity index (χ1v) is 9.12. The molecule has 2 aliphatic rings. The maximum atomic E-state index is 5.48. The van der Waals surface area contributed by atoms with Crippen LogP contribution in [0.1, 0.15) is 17.5 Å². The van der Waals surface area contributed by atoms with E-state index in [1.165, 1.54) is 0 Å². The molecular formula is C17H25N7O2. The van der Waals surface area contributed by atoms with Crippen molar-refractivity contribution in [1.29, 1.82) is 0 Å². The van der Waals surface area contributed by atoms with E-state index in [0.29, 0.717) is 18.3 Å². The minimum Gasteiger partial charge on any atom is -0.424 e. The normalized spacial score (nSPS) is 19.2. The lowest BCUT2D eigenvalue weighted by atomic mass is 10.3. The van der Waals surface area contributed by atoms with Crippen molar-refractivity contribution in [2.75, 3.05) is 62.3 Å². The minimum atomic E-state index is 0.613. The molecule has 0 amide bonds. The van der Waals surface area contributed by atoms with Crippen molar-refractivity contribution in [1.82, 2.24) is 25.1 Å². The van der Waals surface area contributed by atoms with Gasteiger partial charge in [0.05, 0.1) is 19.8 Å². The number of aryl methyl sites for hydroxylation is 2. The van der Waals surface area contributed by atoms with Crippen LogP contribution in [-0.2, 0) is 11.3 Å². The number of hydrogen-bond donors (Lipinski definition) is 0. The van der Waals surface area contributed by atoms with Gasteiger partial charge in [0.15, 0.2) is 0 Å². The van der Waals surface area contributed by atoms with Crippen LogP contribution < -0.4 is 9.80 Å². The molecule has 0 spiro atoms. The lowest BCUT2D eigenvalue weighted by Crippen LogP contribution is -2.46. The van der Waals surface area contributed by atoms with Gasteiger partial charge in [-0.1, -0.05) is 0 Å². The summed E-state index contributed by atoms with van der Waals surface area (Å²) in [6, 6.07) is 2.06. The van der Waals surface area contributed by atoms with Crippen molar-refractivity contribution in [3.63, 3.8) is 0 Å². The number of piperazine rings is 1. The smallest absolute Gasteiger partial charge is 0.230 e. The van der Waals surface area contributed by atoms with Gasteiger partial charge in [-0.3, -0.25) is 4.90 Å². The largest absolute Gasteiger partial charge is 0.424 e. The molecule has 140 valence electrons. The molecule has 0 radical (unpaired) electrons. The Balaban J connectivity index is 1.39. The van der Waals surface area contributed by atoms with Crippen molar-refractivity contribution in [3.05, 3.63) is 23.5 Å². The number of aromatic nitrogens is 4. The molecule has 2 aliphatic heterocycles. The first-order valence-electron chi connectivity index (χ1n) is 9.12. The topological polar surface area (TPSA) is 83.7 Å². The molecule has 0 aromatic carbocycles. The predicted octanol–water partition coefficient (Wildman–Crippen LogP) is 0.635. The van der Waals surface area contributed by atoms with Crippen LogP contribution in [0.25, 0.3) is 0 Å². The van der Waals surface area contributed by atoms with E-state index in [-0.39, 0.29) is 0 Å². The third-order valence-electron chi connectivity index (χ3n) is 4.75. The summed E-state index contributed by atoms with van der Waals surface area (Å²) in [6.07, 6.45) is 0. The monoisotopic (exact) mass is 359 g/mol. The van der Waals surface area contributed by atoms with Crippen LogP contribution in [0.2, 0.25) is 0 Å². The molecule has 2 saturated heterocycles. The highest BCUT2D eigenvalue weighted by Crippen LogP contribution is 2.20. The van der Waals surface area contributed by atoms with E-state index in [1.54, 1.807) is 0 Å². The van der Waals surface area contributed by atoms with Crippen molar-refractivity contribution in [3.8, 4) is 0 Å². The first kappa shape index (κ1) is 17.2. The van der Waals surface area contributed by atoms with Crippen LogP contribution >= 0.6 is 0 Å². The van der Waals surface area contributed by atoms with Crippen molar-refractivity contribution in [2.45, 2.75) is 20.4 Å². The molecule has 0 unspecified atom stereocenters. The van der Waals surface area contributed by atoms with Gasteiger partial charge in [0.25, 0.3) is 0 Å². The highest BCUT2D eigenvalue weighted by molar-refractivity contribution is 5.46. The van der Waals surface area contributed by atoms with E-state index in [9.17, 15) is 0 Å². The van der Waals surface area contributed by atoms with Crippen LogP contribution in [-0.4, -0.2) is 77.5 Å². The second-order valence-corrected chi connectivity index (χ2v) is 6.74. The van der Waals surface area contributed by atoms with Gasteiger partial charge >= 0.3 is 0 Å². The maximum absolute atomic E-state index is 5.48. The van der Waals surface area contributed by atoms with Gasteiger partial charge in [0.2, 0.25) is 17.7 Å². The summed E-state index contributed by atoms with van der Waals surface area (Å²) in [4.78, 5) is 16.3. The van der Waals surface area contributed by atoms with E-state index in [1.807, 2.05) is 13.8 Å². The summed E-state index contributed by atoms with van der Waals surface area (Å²) in [5.74, 6) is 3.11. The van der Waals surface area contributed by atoms with Crippen LogP contribution in [0.5, 0.6) is 0 Å². The highest BCUT2D eigenvalue weighted by Gasteiger charge is 2.22. The van der Waals surface area contributed by atoms with Crippen molar-refractivity contribution in [2.24, 2.45) is 0 Å².